The van der Waals surface area contributed by atoms with E-state index in [4.69, 9.17) is 10.2 Å². The zero-order chi connectivity index (χ0) is 9.68. The summed E-state index contributed by atoms with van der Waals surface area (Å²) in [5.41, 5.74) is 0. The fraction of sp³-hybridized carbons (Fsp3) is 0.889. The van der Waals surface area contributed by atoms with Crippen molar-refractivity contribution >= 4 is 5.97 Å². The van der Waals surface area contributed by atoms with Crippen LogP contribution in [-0.2, 0) is 4.79 Å². The summed E-state index contributed by atoms with van der Waals surface area (Å²) < 4.78 is 0. The van der Waals surface area contributed by atoms with Crippen LogP contribution in [0.25, 0.3) is 0 Å². The SMILES string of the molecule is O=C(O)C(CO)N1CCCCCC1. The van der Waals surface area contributed by atoms with Gasteiger partial charge in [0.15, 0.2) is 0 Å². The molecule has 1 unspecified atom stereocenters. The van der Waals surface area contributed by atoms with E-state index < -0.39 is 12.0 Å². The Balaban J connectivity index is 2.50. The molecule has 1 aliphatic rings. The van der Waals surface area contributed by atoms with Crippen molar-refractivity contribution in [1.82, 2.24) is 4.90 Å². The van der Waals surface area contributed by atoms with Crippen LogP contribution in [0.1, 0.15) is 25.7 Å². The van der Waals surface area contributed by atoms with Gasteiger partial charge in [0.05, 0.1) is 6.61 Å². The zero-order valence-electron chi connectivity index (χ0n) is 7.78. The molecule has 13 heavy (non-hydrogen) atoms. The molecule has 0 saturated carbocycles. The molecule has 0 aromatic heterocycles. The second kappa shape index (κ2) is 5.19. The molecular weight excluding hydrogens is 170 g/mol. The molecule has 1 rings (SSSR count). The Bertz CT molecular complexity index is 164. The molecular formula is C9H17NO3. The lowest BCUT2D eigenvalue weighted by atomic mass is 10.2. The number of hydrogen-bond acceptors (Lipinski definition) is 3. The van der Waals surface area contributed by atoms with Crippen molar-refractivity contribution in [3.8, 4) is 0 Å². The maximum Gasteiger partial charge on any atom is 0.323 e. The number of carboxylic acid groups (broad SMARTS) is 1. The molecule has 76 valence electrons. The van der Waals surface area contributed by atoms with E-state index in [9.17, 15) is 4.79 Å². The summed E-state index contributed by atoms with van der Waals surface area (Å²) in [4.78, 5) is 12.6. The van der Waals surface area contributed by atoms with Crippen LogP contribution >= 0.6 is 0 Å². The van der Waals surface area contributed by atoms with Gasteiger partial charge in [-0.3, -0.25) is 9.69 Å². The molecule has 4 heteroatoms. The van der Waals surface area contributed by atoms with Crippen molar-refractivity contribution < 1.29 is 15.0 Å². The van der Waals surface area contributed by atoms with Crippen LogP contribution in [0.15, 0.2) is 0 Å². The van der Waals surface area contributed by atoms with E-state index in [1.807, 2.05) is 4.90 Å². The number of aliphatic hydroxyl groups excluding tert-OH is 1. The van der Waals surface area contributed by atoms with Crippen molar-refractivity contribution in [2.24, 2.45) is 0 Å². The molecule has 0 spiro atoms. The van der Waals surface area contributed by atoms with Gasteiger partial charge in [0.1, 0.15) is 6.04 Å². The van der Waals surface area contributed by atoms with Gasteiger partial charge in [-0.1, -0.05) is 12.8 Å². The summed E-state index contributed by atoms with van der Waals surface area (Å²) in [6.07, 6.45) is 4.44. The van der Waals surface area contributed by atoms with Crippen LogP contribution in [-0.4, -0.2) is 46.8 Å². The van der Waals surface area contributed by atoms with Crippen molar-refractivity contribution in [2.45, 2.75) is 31.7 Å². The Morgan fingerprint density at radius 2 is 1.77 bits per heavy atom. The zero-order valence-corrected chi connectivity index (χ0v) is 7.78. The van der Waals surface area contributed by atoms with Crippen molar-refractivity contribution in [3.05, 3.63) is 0 Å². The molecule has 0 bridgehead atoms. The third kappa shape index (κ3) is 2.97. The van der Waals surface area contributed by atoms with E-state index in [-0.39, 0.29) is 6.61 Å². The monoisotopic (exact) mass is 187 g/mol. The predicted octanol–water partition coefficient (Wildman–Crippen LogP) is 0.308. The molecule has 1 atom stereocenters. The topological polar surface area (TPSA) is 60.8 Å². The highest BCUT2D eigenvalue weighted by atomic mass is 16.4. The first kappa shape index (κ1) is 10.5. The fourth-order valence-electron chi connectivity index (χ4n) is 1.76. The van der Waals surface area contributed by atoms with E-state index in [0.29, 0.717) is 0 Å². The minimum atomic E-state index is -0.913. The van der Waals surface area contributed by atoms with Gasteiger partial charge in [0.2, 0.25) is 0 Å². The molecule has 2 N–H and O–H groups in total. The standard InChI is InChI=1S/C9H17NO3/c11-7-8(9(12)13)10-5-3-1-2-4-6-10/h8,11H,1-7H2,(H,12,13). The highest BCUT2D eigenvalue weighted by molar-refractivity contribution is 5.73. The number of nitrogens with zero attached hydrogens (tertiary/aromatic N) is 1. The van der Waals surface area contributed by atoms with E-state index >= 15 is 0 Å². The molecule has 0 aliphatic carbocycles. The second-order valence-corrected chi connectivity index (χ2v) is 3.49. The third-order valence-corrected chi connectivity index (χ3v) is 2.54. The number of hydrogen-bond donors (Lipinski definition) is 2. The highest BCUT2D eigenvalue weighted by Gasteiger charge is 2.24. The maximum absolute atomic E-state index is 10.7. The van der Waals surface area contributed by atoms with Gasteiger partial charge >= 0.3 is 5.97 Å². The minimum absolute atomic E-state index is 0.282. The van der Waals surface area contributed by atoms with Gasteiger partial charge in [0, 0.05) is 0 Å². The molecule has 1 aliphatic heterocycles. The minimum Gasteiger partial charge on any atom is -0.480 e. The summed E-state index contributed by atoms with van der Waals surface area (Å²) in [6.45, 7) is 1.32. The maximum atomic E-state index is 10.7. The average molecular weight is 187 g/mol. The fourth-order valence-corrected chi connectivity index (χ4v) is 1.76. The molecule has 4 nitrogen and oxygen atoms in total. The summed E-state index contributed by atoms with van der Waals surface area (Å²) >= 11 is 0. The number of likely N-dealkylation sites (tertiary alicyclic amines) is 1. The lowest BCUT2D eigenvalue weighted by molar-refractivity contribution is -0.144. The molecule has 1 saturated heterocycles. The lowest BCUT2D eigenvalue weighted by Gasteiger charge is -2.25. The van der Waals surface area contributed by atoms with E-state index in [0.717, 1.165) is 25.9 Å². The summed E-state index contributed by atoms with van der Waals surface area (Å²) in [6, 6.07) is -0.696. The summed E-state index contributed by atoms with van der Waals surface area (Å²) in [5.74, 6) is -0.913. The molecule has 0 aromatic rings. The number of rotatable bonds is 3. The quantitative estimate of drug-likeness (QED) is 0.667. The first-order valence-electron chi connectivity index (χ1n) is 4.83. The van der Waals surface area contributed by atoms with Crippen LogP contribution < -0.4 is 0 Å². The van der Waals surface area contributed by atoms with Gasteiger partial charge in [-0.2, -0.15) is 0 Å². The molecule has 0 amide bonds. The summed E-state index contributed by atoms with van der Waals surface area (Å²) in [7, 11) is 0. The van der Waals surface area contributed by atoms with E-state index in [1.165, 1.54) is 12.8 Å². The Labute approximate surface area is 78.2 Å². The van der Waals surface area contributed by atoms with Gasteiger partial charge < -0.3 is 10.2 Å². The smallest absolute Gasteiger partial charge is 0.323 e. The largest absolute Gasteiger partial charge is 0.480 e. The van der Waals surface area contributed by atoms with E-state index in [2.05, 4.69) is 0 Å². The molecule has 0 radical (unpaired) electrons. The Kier molecular flexibility index (Phi) is 4.18. The highest BCUT2D eigenvalue weighted by Crippen LogP contribution is 2.12. The predicted molar refractivity (Wildman–Crippen MR) is 48.6 cm³/mol. The van der Waals surface area contributed by atoms with Gasteiger partial charge in [0.25, 0.3) is 0 Å². The number of carbonyl (C=O) groups is 1. The van der Waals surface area contributed by atoms with Crippen molar-refractivity contribution in [1.29, 1.82) is 0 Å². The van der Waals surface area contributed by atoms with Crippen LogP contribution in [0.2, 0.25) is 0 Å². The van der Waals surface area contributed by atoms with Crippen LogP contribution in [0.5, 0.6) is 0 Å². The van der Waals surface area contributed by atoms with Gasteiger partial charge in [-0.05, 0) is 25.9 Å². The molecule has 1 heterocycles. The second-order valence-electron chi connectivity index (χ2n) is 3.49. The summed E-state index contributed by atoms with van der Waals surface area (Å²) in [5, 5.41) is 17.7. The Morgan fingerprint density at radius 1 is 1.23 bits per heavy atom. The lowest BCUT2D eigenvalue weighted by Crippen LogP contribution is -2.44. The van der Waals surface area contributed by atoms with Crippen molar-refractivity contribution in [2.75, 3.05) is 19.7 Å². The normalized spacial score (nSPS) is 22.2. The van der Waals surface area contributed by atoms with Crippen LogP contribution in [0.3, 0.4) is 0 Å². The first-order chi connectivity index (χ1) is 6.25. The van der Waals surface area contributed by atoms with Crippen molar-refractivity contribution in [3.63, 3.8) is 0 Å². The average Bonchev–Trinajstić information content (AvgIpc) is 2.33. The number of aliphatic carboxylic acids is 1. The van der Waals surface area contributed by atoms with Crippen LogP contribution in [0.4, 0.5) is 0 Å². The third-order valence-electron chi connectivity index (χ3n) is 2.54. The number of carboxylic acids is 1. The Morgan fingerprint density at radius 3 is 2.15 bits per heavy atom. The first-order valence-corrected chi connectivity index (χ1v) is 4.83. The van der Waals surface area contributed by atoms with Gasteiger partial charge in [-0.25, -0.2) is 0 Å². The van der Waals surface area contributed by atoms with E-state index in [1.54, 1.807) is 0 Å². The van der Waals surface area contributed by atoms with Gasteiger partial charge in [-0.15, -0.1) is 0 Å². The van der Waals surface area contributed by atoms with Crippen LogP contribution in [0, 0.1) is 0 Å². The molecule has 0 aromatic carbocycles. The molecule has 1 fully saturated rings. The number of aliphatic hydroxyl groups is 1. The Hall–Kier alpha value is -0.610.